The smallest absolute Gasteiger partial charge is 0.311 e. The van der Waals surface area contributed by atoms with E-state index in [4.69, 9.17) is 0 Å². The lowest BCUT2D eigenvalue weighted by Gasteiger charge is -2.21. The van der Waals surface area contributed by atoms with Gasteiger partial charge in [0, 0.05) is 17.2 Å². The van der Waals surface area contributed by atoms with Gasteiger partial charge in [-0.25, -0.2) is 4.98 Å². The molecule has 0 amide bonds. The molecule has 18 heavy (non-hydrogen) atoms. The number of hydrogen-bond donors (Lipinski definition) is 1. The molecule has 0 spiro atoms. The van der Waals surface area contributed by atoms with Gasteiger partial charge in [0.2, 0.25) is 0 Å². The first kappa shape index (κ1) is 13.7. The van der Waals surface area contributed by atoms with Crippen LogP contribution in [0.1, 0.15) is 25.0 Å². The van der Waals surface area contributed by atoms with Crippen LogP contribution >= 0.6 is 23.1 Å². The fourth-order valence-electron chi connectivity index (χ4n) is 1.86. The Labute approximate surface area is 116 Å². The Bertz CT molecular complexity index is 389. The van der Waals surface area contributed by atoms with Gasteiger partial charge in [0.1, 0.15) is 0 Å². The van der Waals surface area contributed by atoms with E-state index in [1.54, 1.807) is 11.3 Å². The summed E-state index contributed by atoms with van der Waals surface area (Å²) >= 11 is 3.60. The van der Waals surface area contributed by atoms with Gasteiger partial charge in [-0.1, -0.05) is 6.42 Å². The zero-order valence-corrected chi connectivity index (χ0v) is 12.1. The first-order chi connectivity index (χ1) is 8.78. The number of rotatable bonds is 5. The molecule has 1 atom stereocenters. The van der Waals surface area contributed by atoms with Gasteiger partial charge in [-0.05, 0) is 18.6 Å². The second-order valence-electron chi connectivity index (χ2n) is 4.27. The molecule has 2 heterocycles. The number of ether oxygens (including phenoxy) is 1. The lowest BCUT2D eigenvalue weighted by atomic mass is 10.2. The zero-order chi connectivity index (χ0) is 12.8. The predicted molar refractivity (Wildman–Crippen MR) is 76.4 cm³/mol. The summed E-state index contributed by atoms with van der Waals surface area (Å²) < 4.78 is 4.62. The van der Waals surface area contributed by atoms with Gasteiger partial charge in [-0.3, -0.25) is 4.79 Å². The fraction of sp³-hybridized carbons (Fsp3) is 0.667. The Morgan fingerprint density at radius 1 is 1.61 bits per heavy atom. The normalized spacial score (nSPS) is 19.5. The minimum absolute atomic E-state index is 0.241. The number of thiazole rings is 1. The molecule has 0 saturated carbocycles. The maximum atomic E-state index is 11.1. The Morgan fingerprint density at radius 2 is 2.50 bits per heavy atom. The van der Waals surface area contributed by atoms with Crippen molar-refractivity contribution in [1.29, 1.82) is 0 Å². The Hall–Kier alpha value is -0.750. The Balaban J connectivity index is 1.77. The van der Waals surface area contributed by atoms with E-state index in [2.05, 4.69) is 15.0 Å². The predicted octanol–water partition coefficient (Wildman–Crippen LogP) is 2.56. The summed E-state index contributed by atoms with van der Waals surface area (Å²) in [5, 5.41) is 6.87. The molecule has 1 aromatic heterocycles. The number of aromatic nitrogens is 1. The number of carbonyl (C=O) groups excluding carboxylic acids is 1. The number of anilines is 1. The fourth-order valence-corrected chi connectivity index (χ4v) is 3.82. The van der Waals surface area contributed by atoms with Gasteiger partial charge in [-0.2, -0.15) is 11.8 Å². The Kier molecular flexibility index (Phi) is 5.31. The van der Waals surface area contributed by atoms with Crippen LogP contribution in [0.5, 0.6) is 0 Å². The third-order valence-corrected chi connectivity index (χ3v) is 5.11. The van der Waals surface area contributed by atoms with Crippen molar-refractivity contribution in [2.75, 3.05) is 24.7 Å². The molecular formula is C12H18N2O2S2. The second kappa shape index (κ2) is 6.99. The van der Waals surface area contributed by atoms with Crippen LogP contribution in [-0.4, -0.2) is 35.6 Å². The highest BCUT2D eigenvalue weighted by molar-refractivity contribution is 7.99. The second-order valence-corrected chi connectivity index (χ2v) is 6.53. The molecule has 0 bridgehead atoms. The van der Waals surface area contributed by atoms with Gasteiger partial charge in [-0.15, -0.1) is 11.3 Å². The maximum absolute atomic E-state index is 11.1. The van der Waals surface area contributed by atoms with Crippen molar-refractivity contribution in [3.05, 3.63) is 11.1 Å². The van der Waals surface area contributed by atoms with Crippen LogP contribution in [0.25, 0.3) is 0 Å². The highest BCUT2D eigenvalue weighted by Gasteiger charge is 2.14. The number of hydrogen-bond acceptors (Lipinski definition) is 6. The molecule has 0 aromatic carbocycles. The molecule has 1 aromatic rings. The third-order valence-electron chi connectivity index (χ3n) is 2.86. The van der Waals surface area contributed by atoms with Crippen molar-refractivity contribution in [3.63, 3.8) is 0 Å². The minimum atomic E-state index is -0.241. The number of carbonyl (C=O) groups is 1. The molecule has 4 nitrogen and oxygen atoms in total. The Morgan fingerprint density at radius 3 is 3.22 bits per heavy atom. The topological polar surface area (TPSA) is 51.2 Å². The van der Waals surface area contributed by atoms with E-state index in [-0.39, 0.29) is 12.4 Å². The molecule has 1 aliphatic rings. The molecule has 0 radical (unpaired) electrons. The zero-order valence-electron chi connectivity index (χ0n) is 10.5. The van der Waals surface area contributed by atoms with Crippen LogP contribution in [-0.2, 0) is 16.0 Å². The van der Waals surface area contributed by atoms with E-state index in [1.165, 1.54) is 32.1 Å². The molecule has 1 unspecified atom stereocenters. The van der Waals surface area contributed by atoms with Gasteiger partial charge in [0.25, 0.3) is 0 Å². The SMILES string of the molecule is COC(=O)Cc1csc(NCC2CCCCS2)n1. The van der Waals surface area contributed by atoms with Crippen LogP contribution in [0.3, 0.4) is 0 Å². The van der Waals surface area contributed by atoms with E-state index < -0.39 is 0 Å². The van der Waals surface area contributed by atoms with Crippen molar-refractivity contribution in [2.24, 2.45) is 0 Å². The van der Waals surface area contributed by atoms with E-state index >= 15 is 0 Å². The molecule has 1 N–H and O–H groups in total. The van der Waals surface area contributed by atoms with Crippen LogP contribution in [0.4, 0.5) is 5.13 Å². The molecule has 1 fully saturated rings. The van der Waals surface area contributed by atoms with Crippen LogP contribution in [0.15, 0.2) is 5.38 Å². The maximum Gasteiger partial charge on any atom is 0.311 e. The molecule has 2 rings (SSSR count). The molecule has 100 valence electrons. The molecule has 0 aliphatic carbocycles. The molecule has 1 saturated heterocycles. The quantitative estimate of drug-likeness (QED) is 0.843. The largest absolute Gasteiger partial charge is 0.469 e. The van der Waals surface area contributed by atoms with Crippen LogP contribution in [0.2, 0.25) is 0 Å². The lowest BCUT2D eigenvalue weighted by Crippen LogP contribution is -2.19. The van der Waals surface area contributed by atoms with E-state index in [0.29, 0.717) is 5.25 Å². The van der Waals surface area contributed by atoms with Crippen LogP contribution < -0.4 is 5.32 Å². The summed E-state index contributed by atoms with van der Waals surface area (Å²) in [6.45, 7) is 0.968. The summed E-state index contributed by atoms with van der Waals surface area (Å²) in [7, 11) is 1.40. The van der Waals surface area contributed by atoms with Gasteiger partial charge < -0.3 is 10.1 Å². The molecular weight excluding hydrogens is 268 g/mol. The number of nitrogens with zero attached hydrogens (tertiary/aromatic N) is 1. The molecule has 1 aliphatic heterocycles. The van der Waals surface area contributed by atoms with Crippen molar-refractivity contribution in [3.8, 4) is 0 Å². The van der Waals surface area contributed by atoms with Crippen molar-refractivity contribution < 1.29 is 9.53 Å². The van der Waals surface area contributed by atoms with E-state index in [0.717, 1.165) is 17.4 Å². The number of esters is 1. The minimum Gasteiger partial charge on any atom is -0.469 e. The number of thioether (sulfide) groups is 1. The summed E-state index contributed by atoms with van der Waals surface area (Å²) in [4.78, 5) is 15.5. The average Bonchev–Trinajstić information content (AvgIpc) is 2.85. The van der Waals surface area contributed by atoms with Crippen molar-refractivity contribution in [2.45, 2.75) is 30.9 Å². The summed E-state index contributed by atoms with van der Waals surface area (Å²) in [5.74, 6) is 1.03. The third kappa shape index (κ3) is 4.17. The first-order valence-corrected chi connectivity index (χ1v) is 8.07. The monoisotopic (exact) mass is 286 g/mol. The summed E-state index contributed by atoms with van der Waals surface area (Å²) in [6.07, 6.45) is 4.23. The van der Waals surface area contributed by atoms with Gasteiger partial charge in [0.05, 0.1) is 19.2 Å². The van der Waals surface area contributed by atoms with Crippen molar-refractivity contribution >= 4 is 34.2 Å². The molecule has 6 heteroatoms. The van der Waals surface area contributed by atoms with Crippen molar-refractivity contribution in [1.82, 2.24) is 4.98 Å². The van der Waals surface area contributed by atoms with Crippen LogP contribution in [0, 0.1) is 0 Å². The average molecular weight is 286 g/mol. The lowest BCUT2D eigenvalue weighted by molar-refractivity contribution is -0.139. The standard InChI is InChI=1S/C12H18N2O2S2/c1-16-11(15)6-9-8-18-12(14-9)13-7-10-4-2-3-5-17-10/h8,10H,2-7H2,1H3,(H,13,14). The summed E-state index contributed by atoms with van der Waals surface area (Å²) in [5.41, 5.74) is 0.783. The number of nitrogens with one attached hydrogen (secondary N) is 1. The van der Waals surface area contributed by atoms with E-state index in [1.807, 2.05) is 17.1 Å². The summed E-state index contributed by atoms with van der Waals surface area (Å²) in [6, 6.07) is 0. The van der Waals surface area contributed by atoms with E-state index in [9.17, 15) is 4.79 Å². The number of methoxy groups -OCH3 is 1. The first-order valence-electron chi connectivity index (χ1n) is 6.14. The highest BCUT2D eigenvalue weighted by atomic mass is 32.2. The van der Waals surface area contributed by atoms with Gasteiger partial charge in [0.15, 0.2) is 5.13 Å². The highest BCUT2D eigenvalue weighted by Crippen LogP contribution is 2.25. The van der Waals surface area contributed by atoms with Gasteiger partial charge >= 0.3 is 5.97 Å².